The number of rotatable bonds is 2. The van der Waals surface area contributed by atoms with E-state index in [1.807, 2.05) is 9.58 Å². The van der Waals surface area contributed by atoms with Gasteiger partial charge in [0.1, 0.15) is 0 Å². The second-order valence-electron chi connectivity index (χ2n) is 6.19. The number of aryl methyl sites for hydroxylation is 2. The third kappa shape index (κ3) is 2.87. The summed E-state index contributed by atoms with van der Waals surface area (Å²) in [4.78, 5) is 14.6. The molecule has 2 amide bonds. The highest BCUT2D eigenvalue weighted by Gasteiger charge is 2.34. The summed E-state index contributed by atoms with van der Waals surface area (Å²) >= 11 is 0. The lowest BCUT2D eigenvalue weighted by atomic mass is 10.1. The quantitative estimate of drug-likeness (QED) is 0.892. The summed E-state index contributed by atoms with van der Waals surface area (Å²) in [7, 11) is 0. The molecule has 0 saturated carbocycles. The van der Waals surface area contributed by atoms with Crippen LogP contribution in [0, 0.1) is 0 Å². The van der Waals surface area contributed by atoms with E-state index in [4.69, 9.17) is 0 Å². The van der Waals surface area contributed by atoms with Crippen LogP contribution in [0.2, 0.25) is 0 Å². The number of likely N-dealkylation sites (tertiary alicyclic amines) is 1. The number of tetrazole rings is 1. The van der Waals surface area contributed by atoms with E-state index < -0.39 is 0 Å². The van der Waals surface area contributed by atoms with Crippen LogP contribution in [0.15, 0.2) is 0 Å². The molecule has 3 unspecified atom stereocenters. The van der Waals surface area contributed by atoms with E-state index in [0.29, 0.717) is 12.1 Å². The van der Waals surface area contributed by atoms with Crippen molar-refractivity contribution >= 4 is 6.03 Å². The molecule has 3 atom stereocenters. The van der Waals surface area contributed by atoms with Gasteiger partial charge in [0.15, 0.2) is 5.82 Å². The van der Waals surface area contributed by atoms with Crippen molar-refractivity contribution in [1.82, 2.24) is 30.4 Å². The fourth-order valence-electron chi connectivity index (χ4n) is 3.53. The van der Waals surface area contributed by atoms with E-state index in [1.54, 1.807) is 0 Å². The van der Waals surface area contributed by atoms with Crippen LogP contribution in [0.5, 0.6) is 0 Å². The maximum Gasteiger partial charge on any atom is 0.318 e. The minimum Gasteiger partial charge on any atom is -0.335 e. The van der Waals surface area contributed by atoms with E-state index in [9.17, 15) is 4.79 Å². The number of carbonyl (C=O) groups excluding carboxylic acids is 1. The molecule has 2 aliphatic heterocycles. The number of amides is 2. The zero-order chi connectivity index (χ0) is 14.8. The first-order chi connectivity index (χ1) is 10.2. The summed E-state index contributed by atoms with van der Waals surface area (Å²) in [5.74, 6) is 0.924. The van der Waals surface area contributed by atoms with Crippen LogP contribution in [-0.2, 0) is 13.0 Å². The van der Waals surface area contributed by atoms with Crippen molar-refractivity contribution in [3.05, 3.63) is 5.82 Å². The molecule has 0 aliphatic carbocycles. The highest BCUT2D eigenvalue weighted by molar-refractivity contribution is 5.75. The topological polar surface area (TPSA) is 75.9 Å². The van der Waals surface area contributed by atoms with Gasteiger partial charge in [-0.1, -0.05) is 6.92 Å². The molecule has 1 aromatic rings. The standard InChI is InChI=1S/C14H24N6O/c1-3-12-6-4-10(2)20(12)14(21)15-11-5-7-13-16-17-18-19(13)9-8-11/h10-12H,3-9H2,1-2H3,(H,15,21). The van der Waals surface area contributed by atoms with Gasteiger partial charge in [-0.25, -0.2) is 9.48 Å². The number of carbonyl (C=O) groups is 1. The van der Waals surface area contributed by atoms with Crippen LogP contribution < -0.4 is 5.32 Å². The van der Waals surface area contributed by atoms with Crippen LogP contribution >= 0.6 is 0 Å². The Morgan fingerprint density at radius 2 is 2.19 bits per heavy atom. The van der Waals surface area contributed by atoms with Crippen LogP contribution in [-0.4, -0.2) is 49.3 Å². The molecule has 1 fully saturated rings. The highest BCUT2D eigenvalue weighted by atomic mass is 16.2. The first-order valence-corrected chi connectivity index (χ1v) is 8.03. The maximum absolute atomic E-state index is 12.6. The Kier molecular flexibility index (Phi) is 4.07. The fourth-order valence-corrected chi connectivity index (χ4v) is 3.53. The predicted molar refractivity (Wildman–Crippen MR) is 77.7 cm³/mol. The monoisotopic (exact) mass is 292 g/mol. The summed E-state index contributed by atoms with van der Waals surface area (Å²) < 4.78 is 1.85. The summed E-state index contributed by atoms with van der Waals surface area (Å²) in [5, 5.41) is 14.9. The van der Waals surface area contributed by atoms with E-state index in [0.717, 1.165) is 50.9 Å². The Morgan fingerprint density at radius 1 is 1.33 bits per heavy atom. The molecule has 2 aliphatic rings. The Bertz CT molecular complexity index is 479. The van der Waals surface area contributed by atoms with Gasteiger partial charge in [-0.05, 0) is 49.5 Å². The van der Waals surface area contributed by atoms with Gasteiger partial charge in [-0.15, -0.1) is 5.10 Å². The Labute approximate surface area is 125 Å². The van der Waals surface area contributed by atoms with Crippen LogP contribution in [0.25, 0.3) is 0 Å². The molecule has 1 aromatic heterocycles. The van der Waals surface area contributed by atoms with E-state index >= 15 is 0 Å². The number of nitrogens with one attached hydrogen (secondary N) is 1. The lowest BCUT2D eigenvalue weighted by Crippen LogP contribution is -2.49. The number of hydrogen-bond acceptors (Lipinski definition) is 4. The van der Waals surface area contributed by atoms with Crippen molar-refractivity contribution in [3.8, 4) is 0 Å². The average molecular weight is 292 g/mol. The minimum atomic E-state index is 0.0995. The molecular weight excluding hydrogens is 268 g/mol. The zero-order valence-corrected chi connectivity index (χ0v) is 12.8. The molecule has 0 aromatic carbocycles. The molecular formula is C14H24N6O. The molecule has 116 valence electrons. The van der Waals surface area contributed by atoms with Gasteiger partial charge in [0.2, 0.25) is 0 Å². The lowest BCUT2D eigenvalue weighted by molar-refractivity contribution is 0.169. The Balaban J connectivity index is 1.59. The van der Waals surface area contributed by atoms with Crippen molar-refractivity contribution in [2.24, 2.45) is 0 Å². The third-order valence-electron chi connectivity index (χ3n) is 4.83. The summed E-state index contributed by atoms with van der Waals surface area (Å²) in [6, 6.07) is 1.04. The molecule has 21 heavy (non-hydrogen) atoms. The Morgan fingerprint density at radius 3 is 3.00 bits per heavy atom. The largest absolute Gasteiger partial charge is 0.335 e. The highest BCUT2D eigenvalue weighted by Crippen LogP contribution is 2.26. The van der Waals surface area contributed by atoms with Gasteiger partial charge in [0.05, 0.1) is 0 Å². The van der Waals surface area contributed by atoms with Crippen LogP contribution in [0.3, 0.4) is 0 Å². The molecule has 0 bridgehead atoms. The fraction of sp³-hybridized carbons (Fsp3) is 0.857. The smallest absolute Gasteiger partial charge is 0.318 e. The summed E-state index contributed by atoms with van der Waals surface area (Å²) in [5.41, 5.74) is 0. The second kappa shape index (κ2) is 5.99. The SMILES string of the molecule is CCC1CCC(C)N1C(=O)NC1CCc2nnnn2CC1. The van der Waals surface area contributed by atoms with Crippen molar-refractivity contribution in [2.75, 3.05) is 0 Å². The third-order valence-corrected chi connectivity index (χ3v) is 4.83. The van der Waals surface area contributed by atoms with Gasteiger partial charge < -0.3 is 10.2 Å². The van der Waals surface area contributed by atoms with Gasteiger partial charge in [-0.2, -0.15) is 0 Å². The molecule has 1 saturated heterocycles. The minimum absolute atomic E-state index is 0.0995. The molecule has 7 heteroatoms. The molecule has 1 N–H and O–H groups in total. The van der Waals surface area contributed by atoms with Gasteiger partial charge in [-0.3, -0.25) is 0 Å². The molecule has 7 nitrogen and oxygen atoms in total. The predicted octanol–water partition coefficient (Wildman–Crippen LogP) is 1.35. The molecule has 3 heterocycles. The van der Waals surface area contributed by atoms with E-state index in [1.165, 1.54) is 0 Å². The normalized spacial score (nSPS) is 29.0. The number of nitrogens with zero attached hydrogens (tertiary/aromatic N) is 5. The average Bonchev–Trinajstić information content (AvgIpc) is 3.03. The second-order valence-corrected chi connectivity index (χ2v) is 6.19. The van der Waals surface area contributed by atoms with Gasteiger partial charge in [0, 0.05) is 31.1 Å². The first kappa shape index (κ1) is 14.3. The maximum atomic E-state index is 12.6. The van der Waals surface area contributed by atoms with Crippen LogP contribution in [0.4, 0.5) is 4.79 Å². The lowest BCUT2D eigenvalue weighted by Gasteiger charge is -2.30. The first-order valence-electron chi connectivity index (χ1n) is 8.03. The molecule has 0 spiro atoms. The summed E-state index contributed by atoms with van der Waals surface area (Å²) in [6.45, 7) is 5.08. The van der Waals surface area contributed by atoms with Gasteiger partial charge in [0.25, 0.3) is 0 Å². The van der Waals surface area contributed by atoms with E-state index in [2.05, 4.69) is 34.7 Å². The van der Waals surface area contributed by atoms with Crippen LogP contribution in [0.1, 0.15) is 51.8 Å². The molecule has 0 radical (unpaired) electrons. The zero-order valence-electron chi connectivity index (χ0n) is 12.8. The summed E-state index contributed by atoms with van der Waals surface area (Å²) in [6.07, 6.45) is 5.90. The van der Waals surface area contributed by atoms with Crippen molar-refractivity contribution in [1.29, 1.82) is 0 Å². The molecule has 3 rings (SSSR count). The van der Waals surface area contributed by atoms with Crippen molar-refractivity contribution in [3.63, 3.8) is 0 Å². The van der Waals surface area contributed by atoms with Crippen molar-refractivity contribution < 1.29 is 4.79 Å². The number of fused-ring (bicyclic) bond motifs is 1. The van der Waals surface area contributed by atoms with E-state index in [-0.39, 0.29) is 12.1 Å². The number of aromatic nitrogens is 4. The van der Waals surface area contributed by atoms with Crippen molar-refractivity contribution in [2.45, 2.75) is 77.0 Å². The number of hydrogen-bond donors (Lipinski definition) is 1. The van der Waals surface area contributed by atoms with Gasteiger partial charge >= 0.3 is 6.03 Å². The number of urea groups is 1. The Hall–Kier alpha value is -1.66.